The summed E-state index contributed by atoms with van der Waals surface area (Å²) in [4.78, 5) is 26.5. The molecule has 5 heteroatoms. The summed E-state index contributed by atoms with van der Waals surface area (Å²) < 4.78 is 5.15. The Morgan fingerprint density at radius 3 is 2.48 bits per heavy atom. The van der Waals surface area contributed by atoms with E-state index in [0.717, 1.165) is 38.6 Å². The van der Waals surface area contributed by atoms with Gasteiger partial charge in [-0.25, -0.2) is 0 Å². The fraction of sp³-hybridized carbons (Fsp3) is 0.875. The molecule has 5 nitrogen and oxygen atoms in total. The van der Waals surface area contributed by atoms with Gasteiger partial charge in [-0.15, -0.1) is 0 Å². The molecule has 0 aromatic rings. The molecular formula is C16H30N2O3. The fourth-order valence-corrected chi connectivity index (χ4v) is 2.87. The average molecular weight is 298 g/mol. The van der Waals surface area contributed by atoms with Gasteiger partial charge in [-0.1, -0.05) is 20.3 Å². The van der Waals surface area contributed by atoms with Gasteiger partial charge in [0.2, 0.25) is 5.91 Å². The number of likely N-dealkylation sites (tertiary alicyclic amines) is 1. The van der Waals surface area contributed by atoms with Crippen LogP contribution >= 0.6 is 0 Å². The Kier molecular flexibility index (Phi) is 7.72. The molecule has 1 N–H and O–H groups in total. The number of hydrogen-bond acceptors (Lipinski definition) is 4. The van der Waals surface area contributed by atoms with Gasteiger partial charge in [-0.3, -0.25) is 14.5 Å². The Bertz CT molecular complexity index is 342. The van der Waals surface area contributed by atoms with Crippen molar-refractivity contribution in [1.82, 2.24) is 10.2 Å². The van der Waals surface area contributed by atoms with E-state index in [1.807, 2.05) is 18.7 Å². The molecule has 0 aliphatic carbocycles. The molecule has 0 bridgehead atoms. The Labute approximate surface area is 128 Å². The summed E-state index contributed by atoms with van der Waals surface area (Å²) in [6, 6.07) is -0.354. The van der Waals surface area contributed by atoms with Gasteiger partial charge < -0.3 is 10.1 Å². The molecule has 1 rings (SSSR count). The number of piperidine rings is 1. The Morgan fingerprint density at radius 2 is 1.90 bits per heavy atom. The molecule has 0 saturated carbocycles. The number of carbonyl (C=O) groups is 2. The third-order valence-corrected chi connectivity index (χ3v) is 4.31. The highest BCUT2D eigenvalue weighted by atomic mass is 16.5. The molecule has 1 amide bonds. The first-order valence-electron chi connectivity index (χ1n) is 8.27. The lowest BCUT2D eigenvalue weighted by Crippen LogP contribution is -2.55. The summed E-state index contributed by atoms with van der Waals surface area (Å²) in [5.74, 6) is -0.181. The number of carbonyl (C=O) groups excluding carboxylic acids is 2. The molecule has 1 saturated heterocycles. The molecule has 2 atom stereocenters. The number of ether oxygens (including phenoxy) is 1. The molecule has 0 aromatic heterocycles. The highest BCUT2D eigenvalue weighted by Crippen LogP contribution is 2.21. The third kappa shape index (κ3) is 4.99. The van der Waals surface area contributed by atoms with Crippen LogP contribution in [0.5, 0.6) is 0 Å². The SMILES string of the molecule is CCOC(=O)C1CCCCN1C(C)C(=O)NC(CC)CC. The number of nitrogens with zero attached hydrogens (tertiary/aromatic N) is 1. The van der Waals surface area contributed by atoms with Crippen molar-refractivity contribution in [3.05, 3.63) is 0 Å². The van der Waals surface area contributed by atoms with E-state index in [0.29, 0.717) is 6.61 Å². The van der Waals surface area contributed by atoms with Crippen LogP contribution in [-0.4, -0.2) is 48.1 Å². The smallest absolute Gasteiger partial charge is 0.323 e. The van der Waals surface area contributed by atoms with Gasteiger partial charge in [-0.2, -0.15) is 0 Å². The van der Waals surface area contributed by atoms with Crippen LogP contribution in [0.3, 0.4) is 0 Å². The van der Waals surface area contributed by atoms with Gasteiger partial charge in [0.1, 0.15) is 6.04 Å². The highest BCUT2D eigenvalue weighted by Gasteiger charge is 2.35. The van der Waals surface area contributed by atoms with Crippen molar-refractivity contribution >= 4 is 11.9 Å². The summed E-state index contributed by atoms with van der Waals surface area (Å²) in [5.41, 5.74) is 0. The topological polar surface area (TPSA) is 58.6 Å². The summed E-state index contributed by atoms with van der Waals surface area (Å²) in [5, 5.41) is 3.07. The average Bonchev–Trinajstić information content (AvgIpc) is 2.51. The zero-order valence-electron chi connectivity index (χ0n) is 13.9. The minimum Gasteiger partial charge on any atom is -0.465 e. The summed E-state index contributed by atoms with van der Waals surface area (Å²) in [6.07, 6.45) is 4.67. The highest BCUT2D eigenvalue weighted by molar-refractivity contribution is 5.83. The molecule has 1 fully saturated rings. The third-order valence-electron chi connectivity index (χ3n) is 4.31. The standard InChI is InChI=1S/C16H30N2O3/c1-5-13(6-2)17-15(19)12(4)18-11-9-8-10-14(18)16(20)21-7-3/h12-14H,5-11H2,1-4H3,(H,17,19). The van der Waals surface area contributed by atoms with Gasteiger partial charge in [0.25, 0.3) is 0 Å². The Morgan fingerprint density at radius 1 is 1.24 bits per heavy atom. The van der Waals surface area contributed by atoms with Crippen LogP contribution in [0, 0.1) is 0 Å². The molecule has 2 unspecified atom stereocenters. The van der Waals surface area contributed by atoms with Crippen LogP contribution in [0.25, 0.3) is 0 Å². The van der Waals surface area contributed by atoms with Gasteiger partial charge in [-0.05, 0) is 46.1 Å². The quantitative estimate of drug-likeness (QED) is 0.731. The van der Waals surface area contributed by atoms with E-state index in [2.05, 4.69) is 19.2 Å². The molecule has 122 valence electrons. The Hall–Kier alpha value is -1.10. The van der Waals surface area contributed by atoms with Crippen molar-refractivity contribution < 1.29 is 14.3 Å². The predicted octanol–water partition coefficient (Wildman–Crippen LogP) is 2.10. The number of nitrogens with one attached hydrogen (secondary N) is 1. The van der Waals surface area contributed by atoms with E-state index in [1.54, 1.807) is 0 Å². The maximum Gasteiger partial charge on any atom is 0.323 e. The van der Waals surface area contributed by atoms with Crippen molar-refractivity contribution in [1.29, 1.82) is 0 Å². The summed E-state index contributed by atoms with van der Waals surface area (Å²) >= 11 is 0. The lowest BCUT2D eigenvalue weighted by atomic mass is 9.99. The number of rotatable bonds is 7. The maximum atomic E-state index is 12.4. The van der Waals surface area contributed by atoms with Crippen molar-refractivity contribution in [2.45, 2.75) is 77.9 Å². The first-order chi connectivity index (χ1) is 10.0. The van der Waals surface area contributed by atoms with E-state index in [9.17, 15) is 9.59 Å². The van der Waals surface area contributed by atoms with E-state index in [4.69, 9.17) is 4.74 Å². The van der Waals surface area contributed by atoms with Crippen LogP contribution in [0.1, 0.15) is 59.8 Å². The molecule has 21 heavy (non-hydrogen) atoms. The van der Waals surface area contributed by atoms with Gasteiger partial charge in [0, 0.05) is 6.04 Å². The minimum atomic E-state index is -0.291. The molecule has 0 aromatic carbocycles. The molecular weight excluding hydrogens is 268 g/mol. The summed E-state index contributed by atoms with van der Waals surface area (Å²) in [7, 11) is 0. The number of hydrogen-bond donors (Lipinski definition) is 1. The minimum absolute atomic E-state index is 0.0138. The predicted molar refractivity (Wildman–Crippen MR) is 83.0 cm³/mol. The largest absolute Gasteiger partial charge is 0.465 e. The van der Waals surface area contributed by atoms with Crippen LogP contribution in [0.15, 0.2) is 0 Å². The van der Waals surface area contributed by atoms with E-state index < -0.39 is 0 Å². The van der Waals surface area contributed by atoms with Crippen LogP contribution < -0.4 is 5.32 Å². The second kappa shape index (κ2) is 9.03. The molecule has 1 aliphatic heterocycles. The molecule has 1 aliphatic rings. The first-order valence-corrected chi connectivity index (χ1v) is 8.27. The number of amides is 1. The first kappa shape index (κ1) is 18.0. The summed E-state index contributed by atoms with van der Waals surface area (Å²) in [6.45, 7) is 9.00. The van der Waals surface area contributed by atoms with E-state index in [1.165, 1.54) is 0 Å². The van der Waals surface area contributed by atoms with Crippen molar-refractivity contribution in [3.63, 3.8) is 0 Å². The van der Waals surface area contributed by atoms with Crippen LogP contribution in [0.4, 0.5) is 0 Å². The monoisotopic (exact) mass is 298 g/mol. The zero-order chi connectivity index (χ0) is 15.8. The zero-order valence-corrected chi connectivity index (χ0v) is 13.9. The van der Waals surface area contributed by atoms with Gasteiger partial charge >= 0.3 is 5.97 Å². The van der Waals surface area contributed by atoms with Crippen molar-refractivity contribution in [2.24, 2.45) is 0 Å². The van der Waals surface area contributed by atoms with Crippen LogP contribution in [0.2, 0.25) is 0 Å². The lowest BCUT2D eigenvalue weighted by molar-refractivity contribution is -0.153. The van der Waals surface area contributed by atoms with Crippen molar-refractivity contribution in [2.75, 3.05) is 13.2 Å². The van der Waals surface area contributed by atoms with Crippen LogP contribution in [-0.2, 0) is 14.3 Å². The normalized spacial score (nSPS) is 21.1. The Balaban J connectivity index is 2.69. The molecule has 0 radical (unpaired) electrons. The van der Waals surface area contributed by atoms with Gasteiger partial charge in [0.05, 0.1) is 12.6 Å². The molecule has 0 spiro atoms. The second-order valence-corrected chi connectivity index (χ2v) is 5.70. The lowest BCUT2D eigenvalue weighted by Gasteiger charge is -2.37. The fourth-order valence-electron chi connectivity index (χ4n) is 2.87. The van der Waals surface area contributed by atoms with Crippen molar-refractivity contribution in [3.8, 4) is 0 Å². The second-order valence-electron chi connectivity index (χ2n) is 5.70. The van der Waals surface area contributed by atoms with E-state index in [-0.39, 0.29) is 30.0 Å². The van der Waals surface area contributed by atoms with E-state index >= 15 is 0 Å². The van der Waals surface area contributed by atoms with Gasteiger partial charge in [0.15, 0.2) is 0 Å². The number of esters is 1. The molecule has 1 heterocycles. The maximum absolute atomic E-state index is 12.4.